The Labute approximate surface area is 134 Å². The molecule has 0 fully saturated rings. The molecule has 0 aliphatic rings. The van der Waals surface area contributed by atoms with Gasteiger partial charge in [-0.2, -0.15) is 0 Å². The molecule has 0 spiro atoms. The second-order valence-electron chi connectivity index (χ2n) is 6.70. The number of hydrogen-bond donors (Lipinski definition) is 1. The van der Waals surface area contributed by atoms with Crippen molar-refractivity contribution >= 4 is 12.0 Å². The van der Waals surface area contributed by atoms with Gasteiger partial charge in [0.05, 0.1) is 12.0 Å². The maximum absolute atomic E-state index is 11.8. The van der Waals surface area contributed by atoms with Crippen LogP contribution >= 0.6 is 0 Å². The van der Waals surface area contributed by atoms with Crippen LogP contribution < -0.4 is 0 Å². The van der Waals surface area contributed by atoms with Crippen LogP contribution in [0.25, 0.3) is 6.08 Å². The van der Waals surface area contributed by atoms with Crippen LogP contribution in [-0.4, -0.2) is 22.8 Å². The van der Waals surface area contributed by atoms with Gasteiger partial charge in [0.15, 0.2) is 0 Å². The zero-order chi connectivity index (χ0) is 16.6. The lowest BCUT2D eigenvalue weighted by Crippen LogP contribution is -2.27. The zero-order valence-electron chi connectivity index (χ0n) is 14.1. The molecule has 0 aliphatic carbocycles. The second-order valence-corrected chi connectivity index (χ2v) is 6.70. The van der Waals surface area contributed by atoms with E-state index in [9.17, 15) is 9.90 Å². The molecule has 0 saturated carbocycles. The lowest BCUT2D eigenvalue weighted by Gasteiger charge is -2.22. The van der Waals surface area contributed by atoms with E-state index in [1.807, 2.05) is 64.1 Å². The number of rotatable bonds is 7. The van der Waals surface area contributed by atoms with Crippen LogP contribution in [0.4, 0.5) is 0 Å². The maximum Gasteiger partial charge on any atom is 0.309 e. The van der Waals surface area contributed by atoms with Crippen LogP contribution in [0.3, 0.4) is 0 Å². The first-order valence-electron chi connectivity index (χ1n) is 7.92. The fourth-order valence-corrected chi connectivity index (χ4v) is 2.04. The Morgan fingerprint density at radius 1 is 1.23 bits per heavy atom. The van der Waals surface area contributed by atoms with Crippen molar-refractivity contribution in [3.05, 3.63) is 42.0 Å². The van der Waals surface area contributed by atoms with E-state index in [1.165, 1.54) is 0 Å². The molecule has 22 heavy (non-hydrogen) atoms. The molecule has 122 valence electrons. The SMILES string of the molecule is CC(CCCC(O)/C=C/c1ccccc1)C(=O)OC(C)(C)C. The van der Waals surface area contributed by atoms with Crippen molar-refractivity contribution in [2.45, 2.75) is 58.7 Å². The summed E-state index contributed by atoms with van der Waals surface area (Å²) in [5, 5.41) is 9.95. The van der Waals surface area contributed by atoms with Crippen LogP contribution in [-0.2, 0) is 9.53 Å². The molecule has 3 nitrogen and oxygen atoms in total. The van der Waals surface area contributed by atoms with E-state index in [4.69, 9.17) is 4.74 Å². The summed E-state index contributed by atoms with van der Waals surface area (Å²) in [5.74, 6) is -0.300. The topological polar surface area (TPSA) is 46.5 Å². The van der Waals surface area contributed by atoms with E-state index in [0.717, 1.165) is 18.4 Å². The van der Waals surface area contributed by atoms with Gasteiger partial charge in [-0.1, -0.05) is 49.4 Å². The van der Waals surface area contributed by atoms with Crippen LogP contribution in [0.15, 0.2) is 36.4 Å². The molecule has 1 rings (SSSR count). The average molecular weight is 304 g/mol. The predicted molar refractivity (Wildman–Crippen MR) is 90.3 cm³/mol. The molecular formula is C19H28O3. The summed E-state index contributed by atoms with van der Waals surface area (Å²) in [6.07, 6.45) is 5.41. The quantitative estimate of drug-likeness (QED) is 0.768. The Bertz CT molecular complexity index is 471. The van der Waals surface area contributed by atoms with Crippen molar-refractivity contribution < 1.29 is 14.6 Å². The standard InChI is InChI=1S/C19H28O3/c1-15(18(21)22-19(2,3)4)9-8-12-17(20)14-13-16-10-6-5-7-11-16/h5-7,10-11,13-15,17,20H,8-9,12H2,1-4H3/b14-13+. The Balaban J connectivity index is 2.28. The van der Waals surface area contributed by atoms with Gasteiger partial charge in [-0.3, -0.25) is 4.79 Å². The highest BCUT2D eigenvalue weighted by molar-refractivity contribution is 5.72. The number of esters is 1. The van der Waals surface area contributed by atoms with E-state index >= 15 is 0 Å². The van der Waals surface area contributed by atoms with Gasteiger partial charge in [0.2, 0.25) is 0 Å². The van der Waals surface area contributed by atoms with E-state index in [1.54, 1.807) is 6.08 Å². The number of carbonyl (C=O) groups is 1. The van der Waals surface area contributed by atoms with E-state index in [-0.39, 0.29) is 11.9 Å². The molecular weight excluding hydrogens is 276 g/mol. The zero-order valence-corrected chi connectivity index (χ0v) is 14.1. The predicted octanol–water partition coefficient (Wildman–Crippen LogP) is 4.21. The van der Waals surface area contributed by atoms with E-state index in [2.05, 4.69) is 0 Å². The van der Waals surface area contributed by atoms with Crippen LogP contribution in [0, 0.1) is 5.92 Å². The summed E-state index contributed by atoms with van der Waals surface area (Å²) in [5.41, 5.74) is 0.632. The summed E-state index contributed by atoms with van der Waals surface area (Å²) < 4.78 is 5.35. The molecule has 2 atom stereocenters. The second kappa shape index (κ2) is 8.74. The lowest BCUT2D eigenvalue weighted by molar-refractivity contribution is -0.159. The summed E-state index contributed by atoms with van der Waals surface area (Å²) in [6, 6.07) is 9.89. The number of benzene rings is 1. The first kappa shape index (κ1) is 18.4. The molecule has 0 saturated heterocycles. The monoisotopic (exact) mass is 304 g/mol. The van der Waals surface area contributed by atoms with Crippen molar-refractivity contribution in [1.29, 1.82) is 0 Å². The number of hydrogen-bond acceptors (Lipinski definition) is 3. The van der Waals surface area contributed by atoms with Crippen molar-refractivity contribution in [2.24, 2.45) is 5.92 Å². The fraction of sp³-hybridized carbons (Fsp3) is 0.526. The average Bonchev–Trinajstić information content (AvgIpc) is 2.44. The molecule has 1 N–H and O–H groups in total. The van der Waals surface area contributed by atoms with Crippen LogP contribution in [0.2, 0.25) is 0 Å². The highest BCUT2D eigenvalue weighted by atomic mass is 16.6. The summed E-state index contributed by atoms with van der Waals surface area (Å²) >= 11 is 0. The molecule has 0 aromatic heterocycles. The third-order valence-corrected chi connectivity index (χ3v) is 3.26. The molecule has 0 aliphatic heterocycles. The fourth-order valence-electron chi connectivity index (χ4n) is 2.04. The molecule has 0 bridgehead atoms. The van der Waals surface area contributed by atoms with Gasteiger partial charge >= 0.3 is 5.97 Å². The Kier molecular flexibility index (Phi) is 7.33. The third kappa shape index (κ3) is 7.99. The minimum absolute atomic E-state index is 0.135. The lowest BCUT2D eigenvalue weighted by atomic mass is 10.0. The first-order chi connectivity index (χ1) is 10.3. The number of aliphatic hydroxyl groups excluding tert-OH is 1. The third-order valence-electron chi connectivity index (χ3n) is 3.26. The minimum atomic E-state index is -0.481. The minimum Gasteiger partial charge on any atom is -0.460 e. The van der Waals surface area contributed by atoms with Gasteiger partial charge in [0, 0.05) is 0 Å². The smallest absolute Gasteiger partial charge is 0.309 e. The summed E-state index contributed by atoms with van der Waals surface area (Å²) in [6.45, 7) is 7.49. The Hall–Kier alpha value is -1.61. The van der Waals surface area contributed by atoms with Gasteiger partial charge in [-0.15, -0.1) is 0 Å². The molecule has 1 aromatic carbocycles. The highest BCUT2D eigenvalue weighted by Crippen LogP contribution is 2.16. The summed E-state index contributed by atoms with van der Waals surface area (Å²) in [4.78, 5) is 11.8. The van der Waals surface area contributed by atoms with E-state index < -0.39 is 11.7 Å². The van der Waals surface area contributed by atoms with Gasteiger partial charge in [0.25, 0.3) is 0 Å². The normalized spacial score (nSPS) is 14.8. The first-order valence-corrected chi connectivity index (χ1v) is 7.92. The number of aliphatic hydroxyl groups is 1. The molecule has 2 unspecified atom stereocenters. The van der Waals surface area contributed by atoms with Crippen molar-refractivity contribution in [3.63, 3.8) is 0 Å². The maximum atomic E-state index is 11.8. The van der Waals surface area contributed by atoms with E-state index in [0.29, 0.717) is 6.42 Å². The Morgan fingerprint density at radius 2 is 1.86 bits per heavy atom. The largest absolute Gasteiger partial charge is 0.460 e. The molecule has 0 radical (unpaired) electrons. The Morgan fingerprint density at radius 3 is 2.45 bits per heavy atom. The molecule has 3 heteroatoms. The number of carbonyl (C=O) groups excluding carboxylic acids is 1. The van der Waals surface area contributed by atoms with Gasteiger partial charge in [-0.25, -0.2) is 0 Å². The molecule has 0 heterocycles. The van der Waals surface area contributed by atoms with Crippen LogP contribution in [0.1, 0.15) is 52.5 Å². The summed E-state index contributed by atoms with van der Waals surface area (Å²) in [7, 11) is 0. The van der Waals surface area contributed by atoms with Crippen molar-refractivity contribution in [3.8, 4) is 0 Å². The van der Waals surface area contributed by atoms with Gasteiger partial charge in [-0.05, 0) is 45.6 Å². The van der Waals surface area contributed by atoms with Crippen molar-refractivity contribution in [2.75, 3.05) is 0 Å². The van der Waals surface area contributed by atoms with Gasteiger partial charge in [0.1, 0.15) is 5.60 Å². The van der Waals surface area contributed by atoms with Crippen LogP contribution in [0.5, 0.6) is 0 Å². The molecule has 0 amide bonds. The molecule has 1 aromatic rings. The number of ether oxygens (including phenoxy) is 1. The van der Waals surface area contributed by atoms with Crippen molar-refractivity contribution in [1.82, 2.24) is 0 Å². The highest BCUT2D eigenvalue weighted by Gasteiger charge is 2.21. The van der Waals surface area contributed by atoms with Gasteiger partial charge < -0.3 is 9.84 Å².